The van der Waals surface area contributed by atoms with Crippen molar-refractivity contribution >= 4 is 17.5 Å². The molecular weight excluding hydrogens is 204 g/mol. The molecule has 2 N–H and O–H groups in total. The summed E-state index contributed by atoms with van der Waals surface area (Å²) in [6, 6.07) is 7.24. The van der Waals surface area contributed by atoms with Crippen LogP contribution in [0.4, 0.5) is 16.2 Å². The number of nitrogen functional groups attached to an aromatic ring is 1. The number of anilines is 2. The maximum absolute atomic E-state index is 11.7. The van der Waals surface area contributed by atoms with Gasteiger partial charge in [0.05, 0.1) is 6.61 Å². The molecule has 1 amide bonds. The van der Waals surface area contributed by atoms with Crippen LogP contribution in [-0.4, -0.2) is 19.2 Å². The predicted molar refractivity (Wildman–Crippen MR) is 65.5 cm³/mol. The molecule has 16 heavy (non-hydrogen) atoms. The van der Waals surface area contributed by atoms with Crippen LogP contribution in [0, 0.1) is 0 Å². The summed E-state index contributed by atoms with van der Waals surface area (Å²) in [5.41, 5.74) is 7.11. The summed E-state index contributed by atoms with van der Waals surface area (Å²) in [4.78, 5) is 13.3. The first-order valence-electron chi connectivity index (χ1n) is 5.48. The summed E-state index contributed by atoms with van der Waals surface area (Å²) in [5, 5.41) is 0. The van der Waals surface area contributed by atoms with Crippen molar-refractivity contribution < 1.29 is 9.53 Å². The van der Waals surface area contributed by atoms with Crippen LogP contribution in [0.3, 0.4) is 0 Å². The molecule has 0 spiro atoms. The summed E-state index contributed by atoms with van der Waals surface area (Å²) in [6.07, 6.45) is 0.545. The van der Waals surface area contributed by atoms with Gasteiger partial charge in [-0.1, -0.05) is 13.0 Å². The smallest absolute Gasteiger partial charge is 0.414 e. The van der Waals surface area contributed by atoms with Crippen molar-refractivity contribution in [3.8, 4) is 0 Å². The molecule has 1 aromatic rings. The Morgan fingerprint density at radius 1 is 1.44 bits per heavy atom. The zero-order valence-electron chi connectivity index (χ0n) is 9.77. The molecule has 0 heterocycles. The average Bonchev–Trinajstić information content (AvgIpc) is 2.26. The highest BCUT2D eigenvalue weighted by atomic mass is 16.6. The van der Waals surface area contributed by atoms with Crippen LogP contribution in [0.2, 0.25) is 0 Å². The second-order valence-corrected chi connectivity index (χ2v) is 3.45. The van der Waals surface area contributed by atoms with Crippen molar-refractivity contribution in [2.45, 2.75) is 20.3 Å². The van der Waals surface area contributed by atoms with Gasteiger partial charge in [0, 0.05) is 17.9 Å². The molecule has 0 saturated carbocycles. The fourth-order valence-electron chi connectivity index (χ4n) is 1.44. The number of benzene rings is 1. The predicted octanol–water partition coefficient (Wildman–Crippen LogP) is 2.64. The van der Waals surface area contributed by atoms with E-state index in [4.69, 9.17) is 10.5 Å². The van der Waals surface area contributed by atoms with Gasteiger partial charge in [0.1, 0.15) is 0 Å². The molecule has 0 aromatic heterocycles. The molecule has 0 unspecified atom stereocenters. The molecule has 0 aliphatic carbocycles. The lowest BCUT2D eigenvalue weighted by atomic mass is 10.2. The van der Waals surface area contributed by atoms with Gasteiger partial charge in [0.15, 0.2) is 0 Å². The van der Waals surface area contributed by atoms with Gasteiger partial charge in [-0.05, 0) is 31.5 Å². The van der Waals surface area contributed by atoms with E-state index in [-0.39, 0.29) is 6.09 Å². The van der Waals surface area contributed by atoms with E-state index in [1.807, 2.05) is 19.1 Å². The number of ether oxygens (including phenoxy) is 1. The fourth-order valence-corrected chi connectivity index (χ4v) is 1.44. The lowest BCUT2D eigenvalue weighted by Crippen LogP contribution is -2.32. The Hall–Kier alpha value is -1.71. The SMILES string of the molecule is CCCN(C(=O)OCC)c1cccc(N)c1. The minimum absolute atomic E-state index is 0.324. The Bertz CT molecular complexity index is 353. The Morgan fingerprint density at radius 2 is 2.19 bits per heavy atom. The lowest BCUT2D eigenvalue weighted by Gasteiger charge is -2.21. The Labute approximate surface area is 96.0 Å². The number of amides is 1. The van der Waals surface area contributed by atoms with Crippen molar-refractivity contribution in [2.75, 3.05) is 23.8 Å². The molecule has 0 fully saturated rings. The molecule has 1 aromatic carbocycles. The van der Waals surface area contributed by atoms with E-state index in [1.165, 1.54) is 0 Å². The zero-order valence-corrected chi connectivity index (χ0v) is 9.77. The largest absolute Gasteiger partial charge is 0.449 e. The summed E-state index contributed by atoms with van der Waals surface area (Å²) in [6.45, 7) is 4.81. The van der Waals surface area contributed by atoms with Crippen molar-refractivity contribution in [3.63, 3.8) is 0 Å². The molecule has 4 heteroatoms. The molecule has 0 atom stereocenters. The lowest BCUT2D eigenvalue weighted by molar-refractivity contribution is 0.159. The van der Waals surface area contributed by atoms with Crippen LogP contribution >= 0.6 is 0 Å². The van der Waals surface area contributed by atoms with Crippen LogP contribution in [-0.2, 0) is 4.74 Å². The summed E-state index contributed by atoms with van der Waals surface area (Å²) in [5.74, 6) is 0. The maximum Gasteiger partial charge on any atom is 0.414 e. The van der Waals surface area contributed by atoms with Gasteiger partial charge in [-0.3, -0.25) is 4.90 Å². The maximum atomic E-state index is 11.7. The van der Waals surface area contributed by atoms with E-state index in [2.05, 4.69) is 0 Å². The Morgan fingerprint density at radius 3 is 2.75 bits per heavy atom. The van der Waals surface area contributed by atoms with Crippen molar-refractivity contribution in [2.24, 2.45) is 0 Å². The Balaban J connectivity index is 2.88. The van der Waals surface area contributed by atoms with Crippen LogP contribution in [0.25, 0.3) is 0 Å². The standard InChI is InChI=1S/C12H18N2O2/c1-3-8-14(12(15)16-4-2)11-7-5-6-10(13)9-11/h5-7,9H,3-4,8,13H2,1-2H3. The number of nitrogens with two attached hydrogens (primary N) is 1. The van der Waals surface area contributed by atoms with Crippen LogP contribution < -0.4 is 10.6 Å². The minimum Gasteiger partial charge on any atom is -0.449 e. The van der Waals surface area contributed by atoms with Gasteiger partial charge in [-0.2, -0.15) is 0 Å². The number of carbonyl (C=O) groups is 1. The molecular formula is C12H18N2O2. The molecule has 0 aliphatic heterocycles. The second kappa shape index (κ2) is 6.00. The highest BCUT2D eigenvalue weighted by molar-refractivity contribution is 5.88. The van der Waals surface area contributed by atoms with E-state index in [0.29, 0.717) is 18.8 Å². The first-order valence-corrected chi connectivity index (χ1v) is 5.48. The third-order valence-electron chi connectivity index (χ3n) is 2.12. The fraction of sp³-hybridized carbons (Fsp3) is 0.417. The first-order chi connectivity index (χ1) is 7.69. The van der Waals surface area contributed by atoms with Crippen molar-refractivity contribution in [1.29, 1.82) is 0 Å². The third kappa shape index (κ3) is 3.15. The molecule has 0 bridgehead atoms. The molecule has 0 aliphatic rings. The quantitative estimate of drug-likeness (QED) is 0.797. The topological polar surface area (TPSA) is 55.6 Å². The zero-order chi connectivity index (χ0) is 12.0. The number of hydrogen-bond acceptors (Lipinski definition) is 3. The number of carbonyl (C=O) groups excluding carboxylic acids is 1. The first kappa shape index (κ1) is 12.4. The van der Waals surface area contributed by atoms with E-state index < -0.39 is 0 Å². The second-order valence-electron chi connectivity index (χ2n) is 3.45. The van der Waals surface area contributed by atoms with Crippen LogP contribution in [0.15, 0.2) is 24.3 Å². The highest BCUT2D eigenvalue weighted by Gasteiger charge is 2.15. The third-order valence-corrected chi connectivity index (χ3v) is 2.12. The van der Waals surface area contributed by atoms with E-state index in [1.54, 1.807) is 24.0 Å². The molecule has 88 valence electrons. The molecule has 0 radical (unpaired) electrons. The number of nitrogens with zero attached hydrogens (tertiary/aromatic N) is 1. The van der Waals surface area contributed by atoms with Crippen LogP contribution in [0.1, 0.15) is 20.3 Å². The van der Waals surface area contributed by atoms with Crippen LogP contribution in [0.5, 0.6) is 0 Å². The number of hydrogen-bond donors (Lipinski definition) is 1. The van der Waals surface area contributed by atoms with Gasteiger partial charge >= 0.3 is 6.09 Å². The van der Waals surface area contributed by atoms with E-state index >= 15 is 0 Å². The number of rotatable bonds is 4. The van der Waals surface area contributed by atoms with Crippen molar-refractivity contribution in [3.05, 3.63) is 24.3 Å². The summed E-state index contributed by atoms with van der Waals surface area (Å²) in [7, 11) is 0. The van der Waals surface area contributed by atoms with Gasteiger partial charge in [-0.15, -0.1) is 0 Å². The molecule has 4 nitrogen and oxygen atoms in total. The monoisotopic (exact) mass is 222 g/mol. The van der Waals surface area contributed by atoms with Crippen molar-refractivity contribution in [1.82, 2.24) is 0 Å². The summed E-state index contributed by atoms with van der Waals surface area (Å²) < 4.78 is 5.00. The van der Waals surface area contributed by atoms with Gasteiger partial charge < -0.3 is 10.5 Å². The Kier molecular flexibility index (Phi) is 4.64. The minimum atomic E-state index is -0.324. The van der Waals surface area contributed by atoms with Gasteiger partial charge in [0.25, 0.3) is 0 Å². The average molecular weight is 222 g/mol. The summed E-state index contributed by atoms with van der Waals surface area (Å²) >= 11 is 0. The molecule has 1 rings (SSSR count). The van der Waals surface area contributed by atoms with E-state index in [0.717, 1.165) is 12.1 Å². The highest BCUT2D eigenvalue weighted by Crippen LogP contribution is 2.18. The normalized spacial score (nSPS) is 9.88. The molecule has 0 saturated heterocycles. The van der Waals surface area contributed by atoms with Gasteiger partial charge in [0.2, 0.25) is 0 Å². The van der Waals surface area contributed by atoms with Gasteiger partial charge in [-0.25, -0.2) is 4.79 Å². The van der Waals surface area contributed by atoms with E-state index in [9.17, 15) is 4.79 Å².